The predicted molar refractivity (Wildman–Crippen MR) is 132 cm³/mol. The zero-order valence-electron chi connectivity index (χ0n) is 19.9. The fraction of sp³-hybridized carbons (Fsp3) is 0.357. The van der Waals surface area contributed by atoms with E-state index in [9.17, 15) is 4.79 Å². The summed E-state index contributed by atoms with van der Waals surface area (Å²) in [6.45, 7) is 1.70. The van der Waals surface area contributed by atoms with E-state index in [4.69, 9.17) is 19.3 Å². The standard InChI is InChI=1S/C28H29N3O4/c1-33-28(32)23-17-25-30-14-15-34-24-16-21(35-18-19-8-4-2-5-9-19)12-13-22(24)27(30)26(31(25)29-23)20-10-6-3-7-11-20/h2,4-5,8-9,12-13,16-17,20H,3,6-7,10-11,14-15,18H2,1H3. The fourth-order valence-electron chi connectivity index (χ4n) is 5.45. The minimum absolute atomic E-state index is 0.338. The second kappa shape index (κ2) is 9.13. The summed E-state index contributed by atoms with van der Waals surface area (Å²) in [5, 5.41) is 4.70. The van der Waals surface area contributed by atoms with Crippen LogP contribution in [0.15, 0.2) is 54.6 Å². The van der Waals surface area contributed by atoms with E-state index in [-0.39, 0.29) is 0 Å². The van der Waals surface area contributed by atoms with Crippen LogP contribution in [0.25, 0.3) is 16.9 Å². The molecule has 0 N–H and O–H groups in total. The number of methoxy groups -OCH3 is 1. The molecule has 0 amide bonds. The Morgan fingerprint density at radius 3 is 2.71 bits per heavy atom. The molecular formula is C28H29N3O4. The SMILES string of the molecule is COC(=O)c1cc2n3c(c(C4CCCCC4)n2n1)-c1ccc(OCc2ccccc2)cc1OCC3. The van der Waals surface area contributed by atoms with E-state index in [0.717, 1.165) is 46.8 Å². The highest BCUT2D eigenvalue weighted by Crippen LogP contribution is 2.44. The van der Waals surface area contributed by atoms with Crippen molar-refractivity contribution in [3.05, 3.63) is 71.5 Å². The number of esters is 1. The first-order valence-corrected chi connectivity index (χ1v) is 12.4. The van der Waals surface area contributed by atoms with E-state index < -0.39 is 5.97 Å². The van der Waals surface area contributed by atoms with Crippen LogP contribution in [-0.2, 0) is 17.9 Å². The first-order valence-electron chi connectivity index (χ1n) is 12.4. The van der Waals surface area contributed by atoms with E-state index in [1.54, 1.807) is 0 Å². The second-order valence-corrected chi connectivity index (χ2v) is 9.29. The van der Waals surface area contributed by atoms with Gasteiger partial charge in [0, 0.05) is 23.6 Å². The van der Waals surface area contributed by atoms with Crippen molar-refractivity contribution >= 4 is 11.6 Å². The van der Waals surface area contributed by atoms with E-state index in [1.807, 2.05) is 40.9 Å². The van der Waals surface area contributed by atoms with Crippen molar-refractivity contribution in [3.8, 4) is 22.8 Å². The lowest BCUT2D eigenvalue weighted by Gasteiger charge is -2.22. The van der Waals surface area contributed by atoms with Crippen LogP contribution in [0.1, 0.15) is 59.8 Å². The molecule has 2 aromatic carbocycles. The zero-order chi connectivity index (χ0) is 23.8. The van der Waals surface area contributed by atoms with Gasteiger partial charge < -0.3 is 18.8 Å². The summed E-state index contributed by atoms with van der Waals surface area (Å²) in [6.07, 6.45) is 5.92. The molecule has 0 atom stereocenters. The minimum Gasteiger partial charge on any atom is -0.491 e. The molecule has 7 heteroatoms. The number of ether oxygens (including phenoxy) is 3. The quantitative estimate of drug-likeness (QED) is 0.354. The first-order chi connectivity index (χ1) is 17.2. The summed E-state index contributed by atoms with van der Waals surface area (Å²) < 4.78 is 21.5. The number of carbonyl (C=O) groups is 1. The van der Waals surface area contributed by atoms with Gasteiger partial charge in [-0.05, 0) is 30.5 Å². The van der Waals surface area contributed by atoms with Crippen LogP contribution in [0.2, 0.25) is 0 Å². The third-order valence-corrected chi connectivity index (χ3v) is 7.12. The molecular weight excluding hydrogens is 442 g/mol. The summed E-state index contributed by atoms with van der Waals surface area (Å²) >= 11 is 0. The molecule has 0 unspecified atom stereocenters. The molecule has 1 aliphatic carbocycles. The van der Waals surface area contributed by atoms with Crippen LogP contribution < -0.4 is 9.47 Å². The number of hydrogen-bond donors (Lipinski definition) is 0. The average Bonchev–Trinajstić information content (AvgIpc) is 3.40. The molecule has 2 aliphatic rings. The molecule has 1 fully saturated rings. The number of aromatic nitrogens is 3. The number of imidazole rings is 1. The molecule has 180 valence electrons. The van der Waals surface area contributed by atoms with Crippen LogP contribution in [0.4, 0.5) is 0 Å². The van der Waals surface area contributed by atoms with Crippen molar-refractivity contribution in [2.24, 2.45) is 0 Å². The summed E-state index contributed by atoms with van der Waals surface area (Å²) in [5.74, 6) is 1.57. The van der Waals surface area contributed by atoms with Crippen LogP contribution in [0.5, 0.6) is 11.5 Å². The van der Waals surface area contributed by atoms with Crippen molar-refractivity contribution in [3.63, 3.8) is 0 Å². The molecule has 4 aromatic rings. The molecule has 0 bridgehead atoms. The Hall–Kier alpha value is -3.74. The average molecular weight is 472 g/mol. The molecule has 1 aliphatic heterocycles. The smallest absolute Gasteiger partial charge is 0.358 e. The highest BCUT2D eigenvalue weighted by molar-refractivity contribution is 5.89. The topological polar surface area (TPSA) is 67.0 Å². The lowest BCUT2D eigenvalue weighted by atomic mass is 9.85. The van der Waals surface area contributed by atoms with Gasteiger partial charge in [0.2, 0.25) is 0 Å². The van der Waals surface area contributed by atoms with E-state index >= 15 is 0 Å². The number of fused-ring (bicyclic) bond motifs is 5. The molecule has 3 heterocycles. The number of hydrogen-bond acceptors (Lipinski definition) is 5. The Morgan fingerprint density at radius 2 is 1.91 bits per heavy atom. The van der Waals surface area contributed by atoms with Gasteiger partial charge in [-0.25, -0.2) is 9.31 Å². The van der Waals surface area contributed by atoms with Gasteiger partial charge in [-0.15, -0.1) is 0 Å². The van der Waals surface area contributed by atoms with Gasteiger partial charge in [-0.2, -0.15) is 5.10 Å². The van der Waals surface area contributed by atoms with Crippen molar-refractivity contribution in [2.75, 3.05) is 13.7 Å². The zero-order valence-corrected chi connectivity index (χ0v) is 19.9. The number of nitrogens with zero attached hydrogens (tertiary/aromatic N) is 3. The first kappa shape index (κ1) is 21.8. The summed E-state index contributed by atoms with van der Waals surface area (Å²) in [4.78, 5) is 12.3. The van der Waals surface area contributed by atoms with Gasteiger partial charge >= 0.3 is 5.97 Å². The normalized spacial score (nSPS) is 15.7. The Balaban J connectivity index is 1.44. The molecule has 7 nitrogen and oxygen atoms in total. The van der Waals surface area contributed by atoms with E-state index in [0.29, 0.717) is 31.4 Å². The van der Waals surface area contributed by atoms with Gasteiger partial charge in [0.1, 0.15) is 30.4 Å². The molecule has 2 aromatic heterocycles. The molecule has 6 rings (SSSR count). The number of carbonyl (C=O) groups excluding carboxylic acids is 1. The Bertz CT molecular complexity index is 1370. The fourth-order valence-corrected chi connectivity index (χ4v) is 5.45. The van der Waals surface area contributed by atoms with Gasteiger partial charge in [0.25, 0.3) is 0 Å². The highest BCUT2D eigenvalue weighted by Gasteiger charge is 2.31. The van der Waals surface area contributed by atoms with Gasteiger partial charge in [-0.1, -0.05) is 49.6 Å². The molecule has 35 heavy (non-hydrogen) atoms. The van der Waals surface area contributed by atoms with Crippen molar-refractivity contribution in [1.82, 2.24) is 14.2 Å². The van der Waals surface area contributed by atoms with Gasteiger partial charge in [0.15, 0.2) is 5.69 Å². The lowest BCUT2D eigenvalue weighted by molar-refractivity contribution is 0.0593. The second-order valence-electron chi connectivity index (χ2n) is 9.29. The Kier molecular flexibility index (Phi) is 5.68. The maximum atomic E-state index is 12.3. The third kappa shape index (κ3) is 3.95. The Labute approximate surface area is 204 Å². The minimum atomic E-state index is -0.414. The van der Waals surface area contributed by atoms with E-state index in [1.165, 1.54) is 32.1 Å². The summed E-state index contributed by atoms with van der Waals surface area (Å²) in [7, 11) is 1.39. The van der Waals surface area contributed by atoms with Crippen LogP contribution in [-0.4, -0.2) is 33.9 Å². The predicted octanol–water partition coefficient (Wildman–Crippen LogP) is 5.61. The molecule has 0 saturated heterocycles. The maximum absolute atomic E-state index is 12.3. The van der Waals surface area contributed by atoms with E-state index in [2.05, 4.69) is 22.8 Å². The molecule has 0 radical (unpaired) electrons. The lowest BCUT2D eigenvalue weighted by Crippen LogP contribution is -2.11. The maximum Gasteiger partial charge on any atom is 0.358 e. The Morgan fingerprint density at radius 1 is 1.09 bits per heavy atom. The number of benzene rings is 2. The van der Waals surface area contributed by atoms with Crippen LogP contribution >= 0.6 is 0 Å². The van der Waals surface area contributed by atoms with Crippen LogP contribution in [0, 0.1) is 0 Å². The monoisotopic (exact) mass is 471 g/mol. The van der Waals surface area contributed by atoms with Gasteiger partial charge in [0.05, 0.1) is 25.0 Å². The highest BCUT2D eigenvalue weighted by atomic mass is 16.5. The van der Waals surface area contributed by atoms with Crippen molar-refractivity contribution in [1.29, 1.82) is 0 Å². The number of rotatable bonds is 5. The largest absolute Gasteiger partial charge is 0.491 e. The summed E-state index contributed by atoms with van der Waals surface area (Å²) in [6, 6.07) is 18.1. The van der Waals surface area contributed by atoms with Crippen LogP contribution in [0.3, 0.4) is 0 Å². The van der Waals surface area contributed by atoms with Crippen molar-refractivity contribution < 1.29 is 19.0 Å². The summed E-state index contributed by atoms with van der Waals surface area (Å²) in [5.41, 5.74) is 5.71. The molecule has 0 spiro atoms. The third-order valence-electron chi connectivity index (χ3n) is 7.12. The van der Waals surface area contributed by atoms with Gasteiger partial charge in [-0.3, -0.25) is 0 Å². The molecule has 1 saturated carbocycles. The van der Waals surface area contributed by atoms with Crippen molar-refractivity contribution in [2.45, 2.75) is 51.2 Å².